The smallest absolute Gasteiger partial charge is 0.306 e. The highest BCUT2D eigenvalue weighted by atomic mass is 31.2. The number of phosphoric acid groups is 1. The predicted molar refractivity (Wildman–Crippen MR) is 370 cm³/mol. The highest BCUT2D eigenvalue weighted by Gasteiger charge is 2.22. The third-order valence-electron chi connectivity index (χ3n) is 16.2. The van der Waals surface area contributed by atoms with Crippen LogP contribution in [-0.4, -0.2) is 70.0 Å². The Hall–Kier alpha value is -2.55. The lowest BCUT2D eigenvalue weighted by Crippen LogP contribution is -2.37. The monoisotopic (exact) mass is 1230 g/mol. The summed E-state index contributed by atoms with van der Waals surface area (Å²) in [6.45, 7) is 4.26. The molecule has 0 rings (SSSR count). The zero-order valence-corrected chi connectivity index (χ0v) is 58.2. The zero-order valence-electron chi connectivity index (χ0n) is 57.3. The molecule has 0 radical (unpaired) electrons. The van der Waals surface area contributed by atoms with Crippen molar-refractivity contribution >= 4 is 19.8 Å². The highest BCUT2D eigenvalue weighted by Crippen LogP contribution is 2.38. The van der Waals surface area contributed by atoms with Gasteiger partial charge in [-0.25, -0.2) is 0 Å². The Morgan fingerprint density at radius 2 is 0.628 bits per heavy atom. The summed E-state index contributed by atoms with van der Waals surface area (Å²) >= 11 is 0. The van der Waals surface area contributed by atoms with Crippen molar-refractivity contribution in [1.82, 2.24) is 0 Å². The van der Waals surface area contributed by atoms with Crippen LogP contribution in [0.1, 0.15) is 348 Å². The molecule has 0 N–H and O–H groups in total. The fourth-order valence-corrected chi connectivity index (χ4v) is 11.3. The van der Waals surface area contributed by atoms with Crippen molar-refractivity contribution in [3.05, 3.63) is 72.9 Å². The third kappa shape index (κ3) is 70.5. The lowest BCUT2D eigenvalue weighted by atomic mass is 10.0. The number of hydrogen-bond acceptors (Lipinski definition) is 8. The maximum Gasteiger partial charge on any atom is 0.306 e. The van der Waals surface area contributed by atoms with E-state index in [1.54, 1.807) is 0 Å². The van der Waals surface area contributed by atoms with Gasteiger partial charge in [-0.2, -0.15) is 0 Å². The Morgan fingerprint density at radius 3 is 0.930 bits per heavy atom. The van der Waals surface area contributed by atoms with E-state index in [-0.39, 0.29) is 32.0 Å². The first-order valence-electron chi connectivity index (χ1n) is 36.6. The van der Waals surface area contributed by atoms with Crippen LogP contribution in [0.5, 0.6) is 0 Å². The van der Waals surface area contributed by atoms with Gasteiger partial charge in [0.05, 0.1) is 27.7 Å². The van der Waals surface area contributed by atoms with Gasteiger partial charge in [-0.3, -0.25) is 14.2 Å². The van der Waals surface area contributed by atoms with Gasteiger partial charge in [0, 0.05) is 12.8 Å². The number of rotatable bonds is 68. The maximum atomic E-state index is 12.9. The number of phosphoric ester groups is 1. The Balaban J connectivity index is 3.98. The summed E-state index contributed by atoms with van der Waals surface area (Å²) in [4.78, 5) is 38.1. The molecule has 10 heteroatoms. The van der Waals surface area contributed by atoms with E-state index < -0.39 is 26.5 Å². The Morgan fingerprint density at radius 1 is 0.360 bits per heavy atom. The molecule has 0 aromatic heterocycles. The summed E-state index contributed by atoms with van der Waals surface area (Å²) in [6.07, 6.45) is 89.9. The van der Waals surface area contributed by atoms with E-state index in [4.69, 9.17) is 18.5 Å². The second kappa shape index (κ2) is 66.9. The van der Waals surface area contributed by atoms with Gasteiger partial charge < -0.3 is 27.9 Å². The number of carbonyl (C=O) groups is 2. The van der Waals surface area contributed by atoms with E-state index in [2.05, 4.69) is 86.8 Å². The van der Waals surface area contributed by atoms with Crippen molar-refractivity contribution in [2.45, 2.75) is 354 Å². The molecular weight excluding hydrogens is 1090 g/mol. The molecule has 0 aromatic rings. The number of nitrogens with zero attached hydrogens (tertiary/aromatic N) is 1. The van der Waals surface area contributed by atoms with Crippen LogP contribution in [0.2, 0.25) is 0 Å². The Labute approximate surface area is 533 Å². The van der Waals surface area contributed by atoms with Gasteiger partial charge >= 0.3 is 11.9 Å². The van der Waals surface area contributed by atoms with Crippen molar-refractivity contribution in [2.75, 3.05) is 47.5 Å². The van der Waals surface area contributed by atoms with Gasteiger partial charge in [0.15, 0.2) is 6.10 Å². The first-order chi connectivity index (χ1) is 42.0. The molecular formula is C76H140NO8P. The van der Waals surface area contributed by atoms with Gasteiger partial charge in [0.1, 0.15) is 19.8 Å². The van der Waals surface area contributed by atoms with E-state index in [0.717, 1.165) is 64.2 Å². The fraction of sp³-hybridized carbons (Fsp3) is 0.816. The second-order valence-electron chi connectivity index (χ2n) is 26.0. The first-order valence-corrected chi connectivity index (χ1v) is 38.1. The predicted octanol–water partition coefficient (Wildman–Crippen LogP) is 23.3. The first kappa shape index (κ1) is 83.5. The number of hydrogen-bond donors (Lipinski definition) is 0. The van der Waals surface area contributed by atoms with Crippen LogP contribution >= 0.6 is 7.82 Å². The van der Waals surface area contributed by atoms with Gasteiger partial charge in [-0.15, -0.1) is 0 Å². The van der Waals surface area contributed by atoms with Crippen LogP contribution in [0.25, 0.3) is 0 Å². The Kier molecular flexibility index (Phi) is 64.9. The molecule has 2 unspecified atom stereocenters. The quantitative estimate of drug-likeness (QED) is 0.0195. The van der Waals surface area contributed by atoms with Crippen LogP contribution < -0.4 is 4.89 Å². The summed E-state index contributed by atoms with van der Waals surface area (Å²) in [7, 11) is 1.17. The standard InChI is InChI=1S/C76H140NO8P/c1-6-8-10-12-14-16-18-20-22-24-26-28-30-32-33-34-35-36-37-38-39-40-41-42-43-45-47-49-51-53-55-57-59-61-63-65-67-69-76(79)85-74(73-84-86(80,81)83-71-70-77(3,4)5)72-82-75(78)68-66-64-62-60-58-56-54-52-50-48-46-44-31-29-27-25-23-21-19-17-15-13-11-9-7-2/h18-21,24-27,30-32,44,74H,6-17,22-23,28-29,33-43,45-73H2,1-5H3/b20-18-,21-19-,26-24-,27-25-,32-30-,44-31-. The van der Waals surface area contributed by atoms with Crippen molar-refractivity contribution in [2.24, 2.45) is 0 Å². The van der Waals surface area contributed by atoms with Crippen molar-refractivity contribution in [1.29, 1.82) is 0 Å². The molecule has 0 saturated heterocycles. The summed E-state index contributed by atoms with van der Waals surface area (Å²) in [5.74, 6) is -0.824. The fourth-order valence-electron chi connectivity index (χ4n) is 10.6. The molecule has 2 atom stereocenters. The molecule has 9 nitrogen and oxygen atoms in total. The lowest BCUT2D eigenvalue weighted by Gasteiger charge is -2.28. The average molecular weight is 1230 g/mol. The second-order valence-corrected chi connectivity index (χ2v) is 27.4. The molecule has 0 heterocycles. The molecule has 0 aliphatic carbocycles. The zero-order chi connectivity index (χ0) is 62.6. The average Bonchev–Trinajstić information content (AvgIpc) is 3.67. The van der Waals surface area contributed by atoms with Crippen LogP contribution in [0.15, 0.2) is 72.9 Å². The topological polar surface area (TPSA) is 111 Å². The van der Waals surface area contributed by atoms with Gasteiger partial charge in [-0.1, -0.05) is 318 Å². The Bertz CT molecular complexity index is 1680. The SMILES string of the molecule is CCCCCCC/C=C\C/C=C\C/C=C\CCCCCCCCCCCCCCCCCCCCCCCCC(=O)OC(COC(=O)CCCCCCCCCCCC/C=C\C/C=C\C/C=C\CCCCCCC)COP(=O)([O-])OCC[N+](C)(C)C. The number of likely N-dealkylation sites (N-methyl/N-ethyl adjacent to an activating group) is 1. The van der Waals surface area contributed by atoms with E-state index in [1.807, 2.05) is 21.1 Å². The van der Waals surface area contributed by atoms with Crippen molar-refractivity contribution in [3.63, 3.8) is 0 Å². The molecule has 502 valence electrons. The van der Waals surface area contributed by atoms with Gasteiger partial charge in [0.25, 0.3) is 7.82 Å². The van der Waals surface area contributed by atoms with Gasteiger partial charge in [-0.05, 0) is 89.9 Å². The van der Waals surface area contributed by atoms with Crippen LogP contribution in [0.4, 0.5) is 0 Å². The molecule has 0 aromatic carbocycles. The van der Waals surface area contributed by atoms with Crippen LogP contribution in [-0.2, 0) is 32.7 Å². The molecule has 0 aliphatic heterocycles. The molecule has 0 saturated carbocycles. The minimum atomic E-state index is -4.64. The number of esters is 2. The summed E-state index contributed by atoms with van der Waals surface area (Å²) in [5.41, 5.74) is 0. The maximum absolute atomic E-state index is 12.9. The number of allylic oxidation sites excluding steroid dienone is 12. The number of ether oxygens (including phenoxy) is 2. The van der Waals surface area contributed by atoms with Crippen LogP contribution in [0.3, 0.4) is 0 Å². The molecule has 0 bridgehead atoms. The van der Waals surface area contributed by atoms with Crippen molar-refractivity contribution < 1.29 is 42.1 Å². The third-order valence-corrected chi connectivity index (χ3v) is 17.2. The minimum absolute atomic E-state index is 0.0317. The van der Waals surface area contributed by atoms with E-state index >= 15 is 0 Å². The van der Waals surface area contributed by atoms with Crippen LogP contribution in [0, 0.1) is 0 Å². The molecule has 0 aliphatic rings. The number of quaternary nitrogens is 1. The van der Waals surface area contributed by atoms with E-state index in [1.165, 1.54) is 250 Å². The highest BCUT2D eigenvalue weighted by molar-refractivity contribution is 7.45. The lowest BCUT2D eigenvalue weighted by molar-refractivity contribution is -0.870. The minimum Gasteiger partial charge on any atom is -0.756 e. The molecule has 0 spiro atoms. The molecule has 86 heavy (non-hydrogen) atoms. The number of carbonyl (C=O) groups excluding carboxylic acids is 2. The summed E-state index contributed by atoms with van der Waals surface area (Å²) in [5, 5.41) is 0. The summed E-state index contributed by atoms with van der Waals surface area (Å²) < 4.78 is 34.3. The van der Waals surface area contributed by atoms with Crippen molar-refractivity contribution in [3.8, 4) is 0 Å². The number of unbranched alkanes of at least 4 members (excludes halogenated alkanes) is 42. The largest absolute Gasteiger partial charge is 0.756 e. The van der Waals surface area contributed by atoms with E-state index in [9.17, 15) is 19.0 Å². The molecule has 0 amide bonds. The normalized spacial score (nSPS) is 13.5. The van der Waals surface area contributed by atoms with Gasteiger partial charge in [0.2, 0.25) is 0 Å². The molecule has 0 fully saturated rings. The van der Waals surface area contributed by atoms with E-state index in [0.29, 0.717) is 17.4 Å². The summed E-state index contributed by atoms with van der Waals surface area (Å²) in [6, 6.07) is 0.